The van der Waals surface area contributed by atoms with Crippen LogP contribution < -0.4 is 16.4 Å². The number of carboxylic acids is 1. The fraction of sp³-hybridized carbons (Fsp3) is 0.400. The first kappa shape index (κ1) is 17.2. The number of alkyl halides is 1. The third-order valence-corrected chi connectivity index (χ3v) is 4.17. The Labute approximate surface area is 138 Å². The second-order valence-electron chi connectivity index (χ2n) is 5.37. The highest BCUT2D eigenvalue weighted by molar-refractivity contribution is 6.30. The molecule has 2 amide bonds. The molecule has 0 radical (unpaired) electrons. The van der Waals surface area contributed by atoms with E-state index >= 15 is 0 Å². The smallest absolute Gasteiger partial charge is 0.328 e. The van der Waals surface area contributed by atoms with Gasteiger partial charge in [-0.05, 0) is 18.4 Å². The number of benzene rings is 1. The van der Waals surface area contributed by atoms with E-state index in [2.05, 4.69) is 10.6 Å². The van der Waals surface area contributed by atoms with Gasteiger partial charge in [-0.2, -0.15) is 0 Å². The highest BCUT2D eigenvalue weighted by Gasteiger charge is 2.36. The molecule has 0 bridgehead atoms. The molecule has 1 unspecified atom stereocenters. The topological polar surface area (TPSA) is 122 Å². The van der Waals surface area contributed by atoms with E-state index in [4.69, 9.17) is 17.3 Å². The van der Waals surface area contributed by atoms with Crippen LogP contribution in [-0.2, 0) is 14.4 Å². The molecule has 0 aromatic heterocycles. The van der Waals surface area contributed by atoms with Gasteiger partial charge in [-0.15, -0.1) is 11.6 Å². The Morgan fingerprint density at radius 1 is 1.30 bits per heavy atom. The normalized spacial score (nSPS) is 23.5. The molecule has 1 aliphatic rings. The summed E-state index contributed by atoms with van der Waals surface area (Å²) in [5, 5.41) is 13.6. The van der Waals surface area contributed by atoms with Gasteiger partial charge in [0.05, 0.1) is 6.04 Å². The van der Waals surface area contributed by atoms with Crippen molar-refractivity contribution in [3.8, 4) is 0 Å². The number of carboxylic acid groups (broad SMARTS) is 1. The lowest BCUT2D eigenvalue weighted by molar-refractivity contribution is -0.143. The molecule has 1 aromatic rings. The molecule has 5 N–H and O–H groups in total. The Hall–Kier alpha value is -2.12. The minimum atomic E-state index is -1.26. The zero-order valence-corrected chi connectivity index (χ0v) is 13.0. The molecular weight excluding hydrogens is 322 g/mol. The summed E-state index contributed by atoms with van der Waals surface area (Å²) >= 11 is 5.79. The third-order valence-electron chi connectivity index (χ3n) is 3.75. The van der Waals surface area contributed by atoms with E-state index in [0.29, 0.717) is 18.4 Å². The quantitative estimate of drug-likeness (QED) is 0.569. The van der Waals surface area contributed by atoms with Crippen LogP contribution in [0.1, 0.15) is 24.4 Å². The Bertz CT molecular complexity index is 596. The van der Waals surface area contributed by atoms with E-state index in [1.165, 1.54) is 0 Å². The Balaban J connectivity index is 2.06. The molecule has 0 aliphatic carbocycles. The molecule has 2 rings (SSSR count). The summed E-state index contributed by atoms with van der Waals surface area (Å²) < 4.78 is 0. The maximum Gasteiger partial charge on any atom is 0.328 e. The number of nitrogens with one attached hydrogen (secondary N) is 2. The van der Waals surface area contributed by atoms with Gasteiger partial charge < -0.3 is 21.5 Å². The van der Waals surface area contributed by atoms with Gasteiger partial charge in [-0.1, -0.05) is 30.3 Å². The summed E-state index contributed by atoms with van der Waals surface area (Å²) in [6, 6.07) is 5.65. The van der Waals surface area contributed by atoms with Gasteiger partial charge in [0.2, 0.25) is 11.8 Å². The maximum atomic E-state index is 12.2. The second-order valence-corrected chi connectivity index (χ2v) is 5.90. The predicted octanol–water partition coefficient (Wildman–Crippen LogP) is 0.142. The van der Waals surface area contributed by atoms with Crippen molar-refractivity contribution < 1.29 is 19.5 Å². The number of hydrogen-bond donors (Lipinski definition) is 4. The van der Waals surface area contributed by atoms with Crippen molar-refractivity contribution >= 4 is 29.4 Å². The van der Waals surface area contributed by atoms with Gasteiger partial charge in [0, 0.05) is 0 Å². The number of rotatable bonds is 5. The van der Waals surface area contributed by atoms with Crippen LogP contribution in [0.5, 0.6) is 0 Å². The van der Waals surface area contributed by atoms with Crippen molar-refractivity contribution in [3.05, 3.63) is 35.9 Å². The van der Waals surface area contributed by atoms with Crippen LogP contribution in [0.25, 0.3) is 0 Å². The predicted molar refractivity (Wildman–Crippen MR) is 83.7 cm³/mol. The van der Waals surface area contributed by atoms with Gasteiger partial charge in [-0.25, -0.2) is 4.79 Å². The van der Waals surface area contributed by atoms with Gasteiger partial charge in [0.1, 0.15) is 17.5 Å². The van der Waals surface area contributed by atoms with E-state index in [1.807, 2.05) is 0 Å². The fourth-order valence-corrected chi connectivity index (χ4v) is 2.63. The molecule has 8 heteroatoms. The zero-order chi connectivity index (χ0) is 17.0. The summed E-state index contributed by atoms with van der Waals surface area (Å²) in [6.07, 6.45) is 0.709. The Kier molecular flexibility index (Phi) is 5.57. The number of piperidine rings is 1. The van der Waals surface area contributed by atoms with Gasteiger partial charge >= 0.3 is 5.97 Å². The zero-order valence-electron chi connectivity index (χ0n) is 12.2. The number of carbonyl (C=O) groups is 3. The SMILES string of the molecule is N[C@@H](C(=O)N[C@H](C(=O)O)[C@H]1CCC(Cl)C(=O)N1)c1ccccc1. The lowest BCUT2D eigenvalue weighted by Gasteiger charge is -2.31. The number of nitrogens with two attached hydrogens (primary N) is 1. The van der Waals surface area contributed by atoms with E-state index < -0.39 is 41.3 Å². The van der Waals surface area contributed by atoms with Gasteiger partial charge in [-0.3, -0.25) is 9.59 Å². The highest BCUT2D eigenvalue weighted by atomic mass is 35.5. The van der Waals surface area contributed by atoms with Crippen LogP contribution in [0, 0.1) is 0 Å². The molecule has 23 heavy (non-hydrogen) atoms. The molecule has 0 saturated carbocycles. The maximum absolute atomic E-state index is 12.2. The van der Waals surface area contributed by atoms with Crippen LogP contribution in [0.4, 0.5) is 0 Å². The minimum absolute atomic E-state index is 0.350. The van der Waals surface area contributed by atoms with Crippen LogP contribution in [0.2, 0.25) is 0 Å². The average molecular weight is 340 g/mol. The molecule has 7 nitrogen and oxygen atoms in total. The van der Waals surface area contributed by atoms with Crippen LogP contribution >= 0.6 is 11.6 Å². The monoisotopic (exact) mass is 339 g/mol. The number of amides is 2. The summed E-state index contributed by atoms with van der Waals surface area (Å²) in [6.45, 7) is 0. The molecular formula is C15H18ClN3O4. The number of hydrogen-bond acceptors (Lipinski definition) is 4. The summed E-state index contributed by atoms with van der Waals surface area (Å²) in [5.41, 5.74) is 6.42. The van der Waals surface area contributed by atoms with Crippen molar-refractivity contribution in [3.63, 3.8) is 0 Å². The van der Waals surface area contributed by atoms with Crippen LogP contribution in [0.3, 0.4) is 0 Å². The average Bonchev–Trinajstić information content (AvgIpc) is 2.55. The third kappa shape index (κ3) is 4.20. The molecule has 1 fully saturated rings. The second kappa shape index (κ2) is 7.43. The highest BCUT2D eigenvalue weighted by Crippen LogP contribution is 2.17. The first-order chi connectivity index (χ1) is 10.9. The first-order valence-electron chi connectivity index (χ1n) is 7.18. The van der Waals surface area contributed by atoms with Crippen LogP contribution in [0.15, 0.2) is 30.3 Å². The molecule has 1 aromatic carbocycles. The lowest BCUT2D eigenvalue weighted by atomic mass is 9.96. The lowest BCUT2D eigenvalue weighted by Crippen LogP contribution is -2.59. The molecule has 1 saturated heterocycles. The summed E-state index contributed by atoms with van der Waals surface area (Å²) in [4.78, 5) is 35.2. The molecule has 124 valence electrons. The van der Waals surface area contributed by atoms with Gasteiger partial charge in [0.25, 0.3) is 0 Å². The summed E-state index contributed by atoms with van der Waals surface area (Å²) in [5.74, 6) is -2.29. The first-order valence-corrected chi connectivity index (χ1v) is 7.62. The standard InChI is InChI=1S/C15H18ClN3O4/c16-9-6-7-10(18-13(9)20)12(15(22)23)19-14(21)11(17)8-4-2-1-3-5-8/h1-5,9-12H,6-7,17H2,(H,18,20)(H,19,21)(H,22,23)/t9?,10-,11-,12+/m1/s1. The van der Waals surface area contributed by atoms with Crippen molar-refractivity contribution in [1.29, 1.82) is 0 Å². The van der Waals surface area contributed by atoms with E-state index in [-0.39, 0.29) is 0 Å². The van der Waals surface area contributed by atoms with Crippen LogP contribution in [-0.4, -0.2) is 40.4 Å². The molecule has 1 heterocycles. The van der Waals surface area contributed by atoms with E-state index in [0.717, 1.165) is 0 Å². The van der Waals surface area contributed by atoms with Crippen molar-refractivity contribution in [2.45, 2.75) is 36.3 Å². The number of carbonyl (C=O) groups excluding carboxylic acids is 2. The molecule has 1 aliphatic heterocycles. The Morgan fingerprint density at radius 2 is 1.96 bits per heavy atom. The van der Waals surface area contributed by atoms with Crippen molar-refractivity contribution in [2.75, 3.05) is 0 Å². The van der Waals surface area contributed by atoms with E-state index in [9.17, 15) is 19.5 Å². The summed E-state index contributed by atoms with van der Waals surface area (Å²) in [7, 11) is 0. The Morgan fingerprint density at radius 3 is 2.52 bits per heavy atom. The minimum Gasteiger partial charge on any atom is -0.480 e. The fourth-order valence-electron chi connectivity index (χ4n) is 2.44. The molecule has 0 spiro atoms. The number of aliphatic carboxylic acids is 1. The van der Waals surface area contributed by atoms with Gasteiger partial charge in [0.15, 0.2) is 0 Å². The van der Waals surface area contributed by atoms with E-state index in [1.54, 1.807) is 30.3 Å². The van der Waals surface area contributed by atoms with Crippen molar-refractivity contribution in [2.24, 2.45) is 5.73 Å². The largest absolute Gasteiger partial charge is 0.480 e. The van der Waals surface area contributed by atoms with Crippen molar-refractivity contribution in [1.82, 2.24) is 10.6 Å². The number of halogens is 1. The molecule has 4 atom stereocenters.